The Labute approximate surface area is 147 Å². The monoisotopic (exact) mass is 387 g/mol. The molecule has 3 heterocycles. The van der Waals surface area contributed by atoms with E-state index < -0.39 is 5.41 Å². The minimum absolute atomic E-state index is 0.0137. The van der Waals surface area contributed by atoms with Crippen LogP contribution in [0.2, 0.25) is 0 Å². The highest BCUT2D eigenvalue weighted by Gasteiger charge is 2.57. The molecule has 0 fully saturated rings. The molecule has 2 aromatic rings. The Morgan fingerprint density at radius 3 is 2.62 bits per heavy atom. The number of amides is 1. The van der Waals surface area contributed by atoms with Gasteiger partial charge in [-0.3, -0.25) is 4.79 Å². The van der Waals surface area contributed by atoms with Crippen molar-refractivity contribution in [3.8, 4) is 17.2 Å². The van der Waals surface area contributed by atoms with Crippen molar-refractivity contribution >= 4 is 27.5 Å². The maximum absolute atomic E-state index is 13.2. The van der Waals surface area contributed by atoms with E-state index in [1.54, 1.807) is 11.9 Å². The van der Waals surface area contributed by atoms with Gasteiger partial charge in [0, 0.05) is 34.4 Å². The zero-order chi connectivity index (χ0) is 16.5. The highest BCUT2D eigenvalue weighted by atomic mass is 79.9. The summed E-state index contributed by atoms with van der Waals surface area (Å²) in [6, 6.07) is 9.59. The quantitative estimate of drug-likeness (QED) is 0.697. The van der Waals surface area contributed by atoms with Gasteiger partial charge in [0.05, 0.1) is 0 Å². The van der Waals surface area contributed by atoms with Crippen LogP contribution in [0.15, 0.2) is 34.8 Å². The molecule has 1 unspecified atom stereocenters. The van der Waals surface area contributed by atoms with Gasteiger partial charge >= 0.3 is 0 Å². The Morgan fingerprint density at radius 2 is 1.83 bits per heavy atom. The van der Waals surface area contributed by atoms with E-state index >= 15 is 0 Å². The average molecular weight is 388 g/mol. The zero-order valence-corrected chi connectivity index (χ0v) is 14.6. The minimum atomic E-state index is -0.838. The van der Waals surface area contributed by atoms with Crippen molar-refractivity contribution in [2.45, 2.75) is 5.41 Å². The number of carbonyl (C=O) groups excluding carboxylic acids is 1. The van der Waals surface area contributed by atoms with Crippen LogP contribution in [0.4, 0.5) is 5.69 Å². The summed E-state index contributed by atoms with van der Waals surface area (Å²) in [6.07, 6.45) is 0. The normalized spacial score (nSPS) is 23.2. The maximum Gasteiger partial charge on any atom is 0.245 e. The van der Waals surface area contributed by atoms with E-state index in [1.807, 2.05) is 30.3 Å². The lowest BCUT2D eigenvalue weighted by molar-refractivity contribution is -0.121. The van der Waals surface area contributed by atoms with Crippen LogP contribution < -0.4 is 19.1 Å². The van der Waals surface area contributed by atoms with Gasteiger partial charge in [-0.05, 0) is 18.2 Å². The number of ether oxygens (including phenoxy) is 3. The zero-order valence-electron chi connectivity index (χ0n) is 13.0. The number of rotatable bonds is 0. The number of hydrogen-bond acceptors (Lipinski definition) is 4. The first-order chi connectivity index (χ1) is 11.6. The van der Waals surface area contributed by atoms with E-state index in [0.29, 0.717) is 30.5 Å². The van der Waals surface area contributed by atoms with E-state index in [-0.39, 0.29) is 12.5 Å². The Hall–Kier alpha value is -2.21. The van der Waals surface area contributed by atoms with Crippen molar-refractivity contribution in [2.75, 3.05) is 31.8 Å². The molecule has 0 radical (unpaired) electrons. The first-order valence-corrected chi connectivity index (χ1v) is 8.56. The lowest BCUT2D eigenvalue weighted by atomic mass is 9.77. The van der Waals surface area contributed by atoms with Crippen molar-refractivity contribution in [3.05, 3.63) is 45.9 Å². The van der Waals surface area contributed by atoms with Crippen molar-refractivity contribution in [1.82, 2.24) is 0 Å². The molecule has 1 atom stereocenters. The molecule has 3 aliphatic heterocycles. The first kappa shape index (κ1) is 14.2. The number of nitrogens with zero attached hydrogens (tertiary/aromatic N) is 1. The van der Waals surface area contributed by atoms with Crippen LogP contribution in [0.25, 0.3) is 0 Å². The second-order valence-corrected chi connectivity index (χ2v) is 7.04. The third kappa shape index (κ3) is 1.57. The van der Waals surface area contributed by atoms with Gasteiger partial charge in [-0.1, -0.05) is 22.0 Å². The average Bonchev–Trinajstić information content (AvgIpc) is 3.07. The molecule has 0 aromatic heterocycles. The van der Waals surface area contributed by atoms with E-state index in [1.165, 1.54) is 0 Å². The molecule has 0 bridgehead atoms. The van der Waals surface area contributed by atoms with Gasteiger partial charge in [0.1, 0.15) is 31.0 Å². The van der Waals surface area contributed by atoms with Crippen LogP contribution in [0, 0.1) is 0 Å². The molecular formula is C18H14BrNO4. The fourth-order valence-corrected chi connectivity index (χ4v) is 4.58. The van der Waals surface area contributed by atoms with Gasteiger partial charge in [-0.25, -0.2) is 0 Å². The lowest BCUT2D eigenvalue weighted by Crippen LogP contribution is -2.41. The molecule has 5 rings (SSSR count). The first-order valence-electron chi connectivity index (χ1n) is 7.77. The molecule has 5 nitrogen and oxygen atoms in total. The van der Waals surface area contributed by atoms with Crippen molar-refractivity contribution in [2.24, 2.45) is 0 Å². The predicted molar refractivity (Wildman–Crippen MR) is 91.3 cm³/mol. The standard InChI is InChI=1S/C18H14BrNO4/c1-20-12-4-2-3-11(19)16(12)18(17(20)21)9-24-13-8-15-14(7-10(13)18)22-5-6-23-15/h2-4,7-8H,5-6,9H2,1H3. The van der Waals surface area contributed by atoms with Crippen LogP contribution in [-0.2, 0) is 10.2 Å². The number of hydrogen-bond donors (Lipinski definition) is 0. The number of likely N-dealkylation sites (N-methyl/N-ethyl adjacent to an activating group) is 1. The summed E-state index contributed by atoms with van der Waals surface area (Å²) >= 11 is 3.62. The summed E-state index contributed by atoms with van der Waals surface area (Å²) in [5.74, 6) is 2.04. The van der Waals surface area contributed by atoms with Crippen LogP contribution in [0.5, 0.6) is 17.2 Å². The molecule has 24 heavy (non-hydrogen) atoms. The topological polar surface area (TPSA) is 48.0 Å². The highest BCUT2D eigenvalue weighted by Crippen LogP contribution is 2.56. The minimum Gasteiger partial charge on any atom is -0.491 e. The molecule has 0 N–H and O–H groups in total. The van der Waals surface area contributed by atoms with Gasteiger partial charge in [0.25, 0.3) is 0 Å². The van der Waals surface area contributed by atoms with Crippen molar-refractivity contribution < 1.29 is 19.0 Å². The van der Waals surface area contributed by atoms with Crippen LogP contribution >= 0.6 is 15.9 Å². The summed E-state index contributed by atoms with van der Waals surface area (Å²) in [5.41, 5.74) is 1.86. The molecule has 0 saturated heterocycles. The highest BCUT2D eigenvalue weighted by molar-refractivity contribution is 9.10. The second kappa shape index (κ2) is 4.66. The fraction of sp³-hybridized carbons (Fsp3) is 0.278. The number of fused-ring (bicyclic) bond motifs is 5. The molecule has 3 aliphatic rings. The van der Waals surface area contributed by atoms with Crippen LogP contribution in [0.1, 0.15) is 11.1 Å². The molecule has 1 amide bonds. The lowest BCUT2D eigenvalue weighted by Gasteiger charge is -2.24. The van der Waals surface area contributed by atoms with Crippen molar-refractivity contribution in [1.29, 1.82) is 0 Å². The number of carbonyl (C=O) groups is 1. The smallest absolute Gasteiger partial charge is 0.245 e. The summed E-state index contributed by atoms with van der Waals surface area (Å²) in [6.45, 7) is 1.31. The van der Waals surface area contributed by atoms with E-state index in [4.69, 9.17) is 14.2 Å². The summed E-state index contributed by atoms with van der Waals surface area (Å²) in [4.78, 5) is 14.9. The maximum atomic E-state index is 13.2. The molecular weight excluding hydrogens is 374 g/mol. The predicted octanol–water partition coefficient (Wildman–Crippen LogP) is 2.88. The largest absolute Gasteiger partial charge is 0.491 e. The summed E-state index contributed by atoms with van der Waals surface area (Å²) in [5, 5.41) is 0. The Morgan fingerprint density at radius 1 is 1.08 bits per heavy atom. The van der Waals surface area contributed by atoms with E-state index in [0.717, 1.165) is 21.3 Å². The van der Waals surface area contributed by atoms with Gasteiger partial charge < -0.3 is 19.1 Å². The van der Waals surface area contributed by atoms with Gasteiger partial charge in [0.15, 0.2) is 11.5 Å². The molecule has 0 saturated carbocycles. The molecule has 2 aromatic carbocycles. The number of benzene rings is 2. The van der Waals surface area contributed by atoms with Crippen LogP contribution in [-0.4, -0.2) is 32.8 Å². The molecule has 6 heteroatoms. The Kier molecular flexibility index (Phi) is 2.75. The SMILES string of the molecule is CN1C(=O)C2(COc3cc4c(cc32)OCCO4)c2c(Br)cccc21. The van der Waals surface area contributed by atoms with Gasteiger partial charge in [-0.15, -0.1) is 0 Å². The Balaban J connectivity index is 1.80. The number of halogens is 1. The molecule has 1 spiro atoms. The van der Waals surface area contributed by atoms with Crippen molar-refractivity contribution in [3.63, 3.8) is 0 Å². The number of anilines is 1. The summed E-state index contributed by atoms with van der Waals surface area (Å²) < 4.78 is 18.2. The Bertz CT molecular complexity index is 897. The summed E-state index contributed by atoms with van der Waals surface area (Å²) in [7, 11) is 1.80. The van der Waals surface area contributed by atoms with Crippen LogP contribution in [0.3, 0.4) is 0 Å². The third-order valence-electron chi connectivity index (χ3n) is 5.00. The van der Waals surface area contributed by atoms with E-state index in [9.17, 15) is 4.79 Å². The van der Waals surface area contributed by atoms with Gasteiger partial charge in [-0.2, -0.15) is 0 Å². The fourth-order valence-electron chi connectivity index (χ4n) is 3.89. The third-order valence-corrected chi connectivity index (χ3v) is 5.66. The second-order valence-electron chi connectivity index (χ2n) is 6.18. The van der Waals surface area contributed by atoms with E-state index in [2.05, 4.69) is 15.9 Å². The van der Waals surface area contributed by atoms with Gasteiger partial charge in [0.2, 0.25) is 5.91 Å². The molecule has 122 valence electrons. The molecule has 0 aliphatic carbocycles.